The van der Waals surface area contributed by atoms with Gasteiger partial charge >= 0.3 is 0 Å². The standard InChI is InChI=1S/C21H16FN3O5S/c22-16-7-4-15(5-8-16)13-18-20(27)24(21(28)31-18)11-10-23-19(26)9-6-14-2-1-3-17(12-14)25(29)30/h1-9,12-13H,10-11H2,(H,23,26)/b9-6+,18-13+. The molecular formula is C21H16FN3O5S. The number of halogens is 1. The van der Waals surface area contributed by atoms with Crippen molar-refractivity contribution in [1.29, 1.82) is 0 Å². The molecule has 158 valence electrons. The number of amides is 3. The van der Waals surface area contributed by atoms with Crippen LogP contribution in [0.1, 0.15) is 11.1 Å². The molecule has 2 aromatic carbocycles. The molecule has 1 aliphatic rings. The number of hydrogen-bond donors (Lipinski definition) is 1. The van der Waals surface area contributed by atoms with E-state index in [1.807, 2.05) is 0 Å². The van der Waals surface area contributed by atoms with Crippen molar-refractivity contribution in [3.63, 3.8) is 0 Å². The smallest absolute Gasteiger partial charge is 0.293 e. The van der Waals surface area contributed by atoms with Crippen LogP contribution in [0.15, 0.2) is 59.5 Å². The van der Waals surface area contributed by atoms with E-state index in [0.29, 0.717) is 11.1 Å². The fourth-order valence-electron chi connectivity index (χ4n) is 2.67. The van der Waals surface area contributed by atoms with Crippen LogP contribution in [0.3, 0.4) is 0 Å². The number of carbonyl (C=O) groups is 3. The number of benzene rings is 2. The van der Waals surface area contributed by atoms with Gasteiger partial charge in [-0.25, -0.2) is 4.39 Å². The Morgan fingerprint density at radius 1 is 1.16 bits per heavy atom. The van der Waals surface area contributed by atoms with E-state index in [0.717, 1.165) is 16.7 Å². The Bertz CT molecular complexity index is 1100. The van der Waals surface area contributed by atoms with E-state index in [-0.39, 0.29) is 23.7 Å². The van der Waals surface area contributed by atoms with Crippen molar-refractivity contribution in [2.75, 3.05) is 13.1 Å². The molecule has 1 aliphatic heterocycles. The lowest BCUT2D eigenvalue weighted by Gasteiger charge is -2.12. The third-order valence-electron chi connectivity index (χ3n) is 4.18. The van der Waals surface area contributed by atoms with Crippen LogP contribution in [0.25, 0.3) is 12.2 Å². The van der Waals surface area contributed by atoms with Crippen LogP contribution in [0.5, 0.6) is 0 Å². The molecule has 1 heterocycles. The summed E-state index contributed by atoms with van der Waals surface area (Å²) in [6.07, 6.45) is 4.14. The number of rotatable bonds is 7. The highest BCUT2D eigenvalue weighted by Gasteiger charge is 2.34. The molecular weight excluding hydrogens is 425 g/mol. The first-order chi connectivity index (χ1) is 14.8. The first-order valence-corrected chi connectivity index (χ1v) is 9.86. The molecule has 0 radical (unpaired) electrons. The van der Waals surface area contributed by atoms with E-state index in [9.17, 15) is 28.9 Å². The largest absolute Gasteiger partial charge is 0.351 e. The SMILES string of the molecule is O=C(/C=C/c1cccc([N+](=O)[O-])c1)NCCN1C(=O)S/C(=C/c2ccc(F)cc2)C1=O. The first kappa shape index (κ1) is 21.9. The van der Waals surface area contributed by atoms with Gasteiger partial charge in [0.2, 0.25) is 5.91 Å². The van der Waals surface area contributed by atoms with Crippen molar-refractivity contribution in [3.05, 3.63) is 86.6 Å². The summed E-state index contributed by atoms with van der Waals surface area (Å²) >= 11 is 0.774. The third kappa shape index (κ3) is 5.86. The predicted octanol–water partition coefficient (Wildman–Crippen LogP) is 3.60. The second kappa shape index (κ2) is 9.81. The van der Waals surface area contributed by atoms with Gasteiger partial charge in [0.05, 0.1) is 9.83 Å². The highest BCUT2D eigenvalue weighted by Crippen LogP contribution is 2.31. The summed E-state index contributed by atoms with van der Waals surface area (Å²) in [4.78, 5) is 47.9. The van der Waals surface area contributed by atoms with Gasteiger partial charge in [0.1, 0.15) is 5.82 Å². The zero-order valence-corrected chi connectivity index (χ0v) is 16.8. The second-order valence-corrected chi connectivity index (χ2v) is 7.35. The predicted molar refractivity (Wildman–Crippen MR) is 114 cm³/mol. The highest BCUT2D eigenvalue weighted by atomic mass is 32.2. The van der Waals surface area contributed by atoms with Gasteiger partial charge in [-0.1, -0.05) is 24.3 Å². The Labute approximate surface area is 180 Å². The Balaban J connectivity index is 1.53. The molecule has 8 nitrogen and oxygen atoms in total. The van der Waals surface area contributed by atoms with Crippen LogP contribution in [0, 0.1) is 15.9 Å². The highest BCUT2D eigenvalue weighted by molar-refractivity contribution is 8.18. The number of imide groups is 1. The van der Waals surface area contributed by atoms with Crippen molar-refractivity contribution in [1.82, 2.24) is 10.2 Å². The number of nitrogens with zero attached hydrogens (tertiary/aromatic N) is 2. The van der Waals surface area contributed by atoms with Crippen LogP contribution in [0.4, 0.5) is 14.9 Å². The maximum Gasteiger partial charge on any atom is 0.293 e. The van der Waals surface area contributed by atoms with E-state index in [1.54, 1.807) is 6.07 Å². The van der Waals surface area contributed by atoms with Crippen molar-refractivity contribution >= 4 is 46.7 Å². The minimum absolute atomic E-state index is 0.0121. The molecule has 0 atom stereocenters. The summed E-state index contributed by atoms with van der Waals surface area (Å²) in [5, 5.41) is 12.9. The third-order valence-corrected chi connectivity index (χ3v) is 5.09. The molecule has 1 saturated heterocycles. The zero-order chi connectivity index (χ0) is 22.4. The number of carbonyl (C=O) groups excluding carboxylic acids is 3. The average Bonchev–Trinajstić information content (AvgIpc) is 3.01. The summed E-state index contributed by atoms with van der Waals surface area (Å²) < 4.78 is 13.0. The van der Waals surface area contributed by atoms with Gasteiger partial charge in [-0.2, -0.15) is 0 Å². The number of nitro benzene ring substituents is 1. The molecule has 3 rings (SSSR count). The minimum atomic E-state index is -0.529. The van der Waals surface area contributed by atoms with Gasteiger partial charge < -0.3 is 5.32 Å². The number of hydrogen-bond acceptors (Lipinski definition) is 6. The molecule has 0 aliphatic carbocycles. The normalized spacial score (nSPS) is 15.1. The van der Waals surface area contributed by atoms with Crippen molar-refractivity contribution in [2.24, 2.45) is 0 Å². The Kier molecular flexibility index (Phi) is 6.93. The van der Waals surface area contributed by atoms with Crippen LogP contribution < -0.4 is 5.32 Å². The van der Waals surface area contributed by atoms with Gasteiger partial charge in [0.25, 0.3) is 16.8 Å². The fraction of sp³-hybridized carbons (Fsp3) is 0.0952. The number of nitro groups is 1. The van der Waals surface area contributed by atoms with E-state index in [1.165, 1.54) is 60.7 Å². The molecule has 0 aromatic heterocycles. The van der Waals surface area contributed by atoms with Gasteiger partial charge in [-0.15, -0.1) is 0 Å². The van der Waals surface area contributed by atoms with Crippen molar-refractivity contribution in [2.45, 2.75) is 0 Å². The number of nitrogens with one attached hydrogen (secondary N) is 1. The zero-order valence-electron chi connectivity index (χ0n) is 16.0. The van der Waals surface area contributed by atoms with Crippen molar-refractivity contribution in [3.8, 4) is 0 Å². The average molecular weight is 441 g/mol. The molecule has 3 amide bonds. The van der Waals surface area contributed by atoms with Crippen LogP contribution in [0.2, 0.25) is 0 Å². The topological polar surface area (TPSA) is 110 Å². The van der Waals surface area contributed by atoms with Gasteiger partial charge in [0, 0.05) is 31.3 Å². The quantitative estimate of drug-likeness (QED) is 0.399. The molecule has 10 heteroatoms. The maximum atomic E-state index is 13.0. The molecule has 2 aromatic rings. The van der Waals surface area contributed by atoms with Crippen LogP contribution >= 0.6 is 11.8 Å². The molecule has 0 saturated carbocycles. The molecule has 1 fully saturated rings. The van der Waals surface area contributed by atoms with Gasteiger partial charge in [-0.3, -0.25) is 29.4 Å². The summed E-state index contributed by atoms with van der Waals surface area (Å²) in [7, 11) is 0. The van der Waals surface area contributed by atoms with Gasteiger partial charge in [-0.05, 0) is 47.2 Å². The molecule has 0 bridgehead atoms. The summed E-state index contributed by atoms with van der Waals surface area (Å²) in [6.45, 7) is 0.0296. The molecule has 31 heavy (non-hydrogen) atoms. The molecule has 1 N–H and O–H groups in total. The second-order valence-electron chi connectivity index (χ2n) is 6.36. The van der Waals surface area contributed by atoms with Crippen molar-refractivity contribution < 1.29 is 23.7 Å². The monoisotopic (exact) mass is 441 g/mol. The molecule has 0 spiro atoms. The lowest BCUT2D eigenvalue weighted by atomic mass is 10.2. The summed E-state index contributed by atoms with van der Waals surface area (Å²) in [6, 6.07) is 11.3. The summed E-state index contributed by atoms with van der Waals surface area (Å²) in [5.74, 6) is -1.36. The fourth-order valence-corrected chi connectivity index (χ4v) is 3.53. The number of non-ortho nitro benzene ring substituents is 1. The van der Waals surface area contributed by atoms with E-state index >= 15 is 0 Å². The van der Waals surface area contributed by atoms with E-state index in [4.69, 9.17) is 0 Å². The van der Waals surface area contributed by atoms with E-state index in [2.05, 4.69) is 5.32 Å². The summed E-state index contributed by atoms with van der Waals surface area (Å²) in [5.41, 5.74) is 0.989. The molecule has 0 unspecified atom stereocenters. The Morgan fingerprint density at radius 3 is 2.61 bits per heavy atom. The van der Waals surface area contributed by atoms with E-state index < -0.39 is 27.8 Å². The maximum absolute atomic E-state index is 13.0. The van der Waals surface area contributed by atoms with Crippen LogP contribution in [-0.2, 0) is 9.59 Å². The minimum Gasteiger partial charge on any atom is -0.351 e. The Hall–Kier alpha value is -3.79. The lowest BCUT2D eigenvalue weighted by Crippen LogP contribution is -2.36. The lowest BCUT2D eigenvalue weighted by molar-refractivity contribution is -0.384. The Morgan fingerprint density at radius 2 is 1.90 bits per heavy atom. The van der Waals surface area contributed by atoms with Crippen LogP contribution in [-0.4, -0.2) is 40.0 Å². The van der Waals surface area contributed by atoms with Gasteiger partial charge in [0.15, 0.2) is 0 Å². The first-order valence-electron chi connectivity index (χ1n) is 9.05. The number of thioether (sulfide) groups is 1.